The average molecular weight is 352 g/mol. The van der Waals surface area contributed by atoms with Crippen LogP contribution in [0.4, 0.5) is 18.9 Å². The predicted octanol–water partition coefficient (Wildman–Crippen LogP) is 4.98. The zero-order valence-electron chi connectivity index (χ0n) is 13.5. The number of nitro groups is 1. The maximum atomic E-state index is 13.5. The summed E-state index contributed by atoms with van der Waals surface area (Å²) < 4.78 is 44.0. The lowest BCUT2D eigenvalue weighted by atomic mass is 10.1. The van der Waals surface area contributed by atoms with E-state index in [1.54, 1.807) is 24.3 Å². The Kier molecular flexibility index (Phi) is 5.76. The zero-order chi connectivity index (χ0) is 18.6. The van der Waals surface area contributed by atoms with Gasteiger partial charge in [-0.05, 0) is 32.3 Å². The summed E-state index contributed by atoms with van der Waals surface area (Å²) in [6, 6.07) is 9.54. The maximum absolute atomic E-state index is 13.5. The molecule has 5 nitrogen and oxygen atoms in total. The molecule has 25 heavy (non-hydrogen) atoms. The third kappa shape index (κ3) is 4.57. The largest absolute Gasteiger partial charge is 0.450 e. The van der Waals surface area contributed by atoms with Crippen molar-refractivity contribution in [2.75, 3.05) is 14.1 Å². The number of ether oxygens (including phenoxy) is 1. The van der Waals surface area contributed by atoms with Crippen LogP contribution in [-0.4, -0.2) is 23.9 Å². The van der Waals surface area contributed by atoms with E-state index in [1.807, 2.05) is 19.0 Å². The summed E-state index contributed by atoms with van der Waals surface area (Å²) in [5.74, 6) is -1.74. The summed E-state index contributed by atoms with van der Waals surface area (Å²) in [5.41, 5.74) is -0.207. The molecular formula is C17H15F3N2O3. The van der Waals surface area contributed by atoms with Crippen molar-refractivity contribution in [3.63, 3.8) is 0 Å². The monoisotopic (exact) mass is 352 g/mol. The van der Waals surface area contributed by atoms with Crippen LogP contribution in [-0.2, 0) is 6.54 Å². The number of nitro benzene ring substituents is 1. The molecule has 0 aliphatic heterocycles. The second-order valence-corrected chi connectivity index (χ2v) is 5.46. The topological polar surface area (TPSA) is 55.6 Å². The van der Waals surface area contributed by atoms with Gasteiger partial charge in [-0.2, -0.15) is 8.78 Å². The number of rotatable bonds is 6. The van der Waals surface area contributed by atoms with Gasteiger partial charge < -0.3 is 9.64 Å². The van der Waals surface area contributed by atoms with E-state index in [4.69, 9.17) is 4.74 Å². The van der Waals surface area contributed by atoms with Crippen LogP contribution in [0, 0.1) is 10.1 Å². The van der Waals surface area contributed by atoms with Crippen molar-refractivity contribution in [1.82, 2.24) is 4.90 Å². The van der Waals surface area contributed by atoms with Gasteiger partial charge in [0.05, 0.1) is 4.92 Å². The number of hydrogen-bond acceptors (Lipinski definition) is 4. The highest BCUT2D eigenvalue weighted by molar-refractivity contribution is 5.65. The molecule has 0 aliphatic rings. The third-order valence-corrected chi connectivity index (χ3v) is 3.25. The molecule has 0 bridgehead atoms. The molecule has 0 amide bonds. The number of para-hydroxylation sites is 1. The quantitative estimate of drug-likeness (QED) is 0.543. The fourth-order valence-corrected chi connectivity index (χ4v) is 2.19. The van der Waals surface area contributed by atoms with Crippen molar-refractivity contribution < 1.29 is 22.8 Å². The van der Waals surface area contributed by atoms with E-state index in [0.717, 1.165) is 23.8 Å². The Hall–Kier alpha value is -2.87. The third-order valence-electron chi connectivity index (χ3n) is 3.25. The van der Waals surface area contributed by atoms with Gasteiger partial charge in [-0.25, -0.2) is 4.39 Å². The smallest absolute Gasteiger partial charge is 0.311 e. The lowest BCUT2D eigenvalue weighted by molar-refractivity contribution is -0.385. The van der Waals surface area contributed by atoms with E-state index in [-0.39, 0.29) is 5.75 Å². The minimum atomic E-state index is -2.51. The molecule has 0 atom stereocenters. The molecule has 8 heteroatoms. The standard InChI is InChI=1S/C17H15F3N2O3/c1-21(2)10-12-5-3-4-6-14(12)25-15-9-11(16(18)17(19)20)7-8-13(15)22(23)24/h3-9H,10H2,1-2H3. The summed E-state index contributed by atoms with van der Waals surface area (Å²) in [7, 11) is 3.67. The van der Waals surface area contributed by atoms with Crippen molar-refractivity contribution in [1.29, 1.82) is 0 Å². The molecule has 0 saturated heterocycles. The number of benzene rings is 2. The fourth-order valence-electron chi connectivity index (χ4n) is 2.19. The van der Waals surface area contributed by atoms with Crippen molar-refractivity contribution >= 4 is 11.5 Å². The van der Waals surface area contributed by atoms with Gasteiger partial charge in [0.15, 0.2) is 5.83 Å². The maximum Gasteiger partial charge on any atom is 0.311 e. The molecule has 0 aromatic heterocycles. The van der Waals surface area contributed by atoms with Gasteiger partial charge in [0.1, 0.15) is 5.75 Å². The van der Waals surface area contributed by atoms with Gasteiger partial charge in [0, 0.05) is 23.7 Å². The SMILES string of the molecule is CN(C)Cc1ccccc1Oc1cc(C(F)=C(F)F)ccc1[N+](=O)[O-]. The zero-order valence-corrected chi connectivity index (χ0v) is 13.5. The highest BCUT2D eigenvalue weighted by Gasteiger charge is 2.20. The van der Waals surface area contributed by atoms with E-state index in [9.17, 15) is 23.3 Å². The second-order valence-electron chi connectivity index (χ2n) is 5.46. The van der Waals surface area contributed by atoms with Crippen LogP contribution in [0.1, 0.15) is 11.1 Å². The summed E-state index contributed by atoms with van der Waals surface area (Å²) in [5, 5.41) is 11.2. The van der Waals surface area contributed by atoms with Crippen LogP contribution in [0.5, 0.6) is 11.5 Å². The van der Waals surface area contributed by atoms with E-state index in [2.05, 4.69) is 0 Å². The van der Waals surface area contributed by atoms with Gasteiger partial charge in [0.2, 0.25) is 5.75 Å². The molecule has 0 radical (unpaired) electrons. The Morgan fingerprint density at radius 3 is 2.40 bits per heavy atom. The van der Waals surface area contributed by atoms with E-state index in [1.165, 1.54) is 0 Å². The van der Waals surface area contributed by atoms with E-state index in [0.29, 0.717) is 12.3 Å². The summed E-state index contributed by atoms with van der Waals surface area (Å²) >= 11 is 0. The molecule has 0 saturated carbocycles. The van der Waals surface area contributed by atoms with Crippen LogP contribution in [0.2, 0.25) is 0 Å². The Balaban J connectivity index is 2.49. The lowest BCUT2D eigenvalue weighted by Crippen LogP contribution is -2.11. The molecule has 132 valence electrons. The van der Waals surface area contributed by atoms with Gasteiger partial charge >= 0.3 is 11.8 Å². The minimum Gasteiger partial charge on any atom is -0.450 e. The Bertz CT molecular complexity index is 819. The summed E-state index contributed by atoms with van der Waals surface area (Å²) in [6.07, 6.45) is -2.51. The van der Waals surface area contributed by atoms with Gasteiger partial charge in [-0.1, -0.05) is 18.2 Å². The fraction of sp³-hybridized carbons (Fsp3) is 0.176. The number of nitrogens with zero attached hydrogens (tertiary/aromatic N) is 2. The van der Waals surface area contributed by atoms with Crippen LogP contribution in [0.3, 0.4) is 0 Å². The first-order chi connectivity index (χ1) is 11.8. The van der Waals surface area contributed by atoms with Crippen molar-refractivity contribution in [2.45, 2.75) is 6.54 Å². The Labute approximate surface area is 142 Å². The predicted molar refractivity (Wildman–Crippen MR) is 87.2 cm³/mol. The van der Waals surface area contributed by atoms with Gasteiger partial charge in [-0.15, -0.1) is 0 Å². The number of halogens is 3. The van der Waals surface area contributed by atoms with Crippen LogP contribution in [0.15, 0.2) is 48.5 Å². The van der Waals surface area contributed by atoms with E-state index >= 15 is 0 Å². The molecule has 2 aromatic rings. The van der Waals surface area contributed by atoms with Gasteiger partial charge in [-0.3, -0.25) is 10.1 Å². The Morgan fingerprint density at radius 1 is 1.12 bits per heavy atom. The molecule has 0 N–H and O–H groups in total. The normalized spacial score (nSPS) is 10.6. The molecular weight excluding hydrogens is 337 g/mol. The first kappa shape index (κ1) is 18.5. The van der Waals surface area contributed by atoms with Crippen molar-refractivity contribution in [2.24, 2.45) is 0 Å². The van der Waals surface area contributed by atoms with Crippen molar-refractivity contribution in [3.8, 4) is 11.5 Å². The molecule has 0 aliphatic carbocycles. The molecule has 0 unspecified atom stereocenters. The first-order valence-electron chi connectivity index (χ1n) is 7.19. The van der Waals surface area contributed by atoms with Crippen LogP contribution < -0.4 is 4.74 Å². The van der Waals surface area contributed by atoms with Crippen LogP contribution in [0.25, 0.3) is 5.83 Å². The number of hydrogen-bond donors (Lipinski definition) is 0. The highest BCUT2D eigenvalue weighted by Crippen LogP contribution is 2.36. The lowest BCUT2D eigenvalue weighted by Gasteiger charge is -2.15. The highest BCUT2D eigenvalue weighted by atomic mass is 19.3. The minimum absolute atomic E-state index is 0.315. The molecule has 2 aromatic carbocycles. The molecule has 2 rings (SSSR count). The first-order valence-corrected chi connectivity index (χ1v) is 7.19. The Morgan fingerprint density at radius 2 is 1.80 bits per heavy atom. The van der Waals surface area contributed by atoms with Crippen molar-refractivity contribution in [3.05, 3.63) is 69.8 Å². The molecule has 0 heterocycles. The van der Waals surface area contributed by atoms with E-state index < -0.39 is 28.1 Å². The molecule has 0 fully saturated rings. The average Bonchev–Trinajstić information content (AvgIpc) is 2.55. The van der Waals surface area contributed by atoms with Gasteiger partial charge in [0.25, 0.3) is 0 Å². The second kappa shape index (κ2) is 7.80. The van der Waals surface area contributed by atoms with Crippen LogP contribution >= 0.6 is 0 Å². The summed E-state index contributed by atoms with van der Waals surface area (Å²) in [6.45, 7) is 0.497. The molecule has 0 spiro atoms. The summed E-state index contributed by atoms with van der Waals surface area (Å²) in [4.78, 5) is 12.3.